The Kier molecular flexibility index (Phi) is 6.05. The molecule has 0 radical (unpaired) electrons. The lowest BCUT2D eigenvalue weighted by Crippen LogP contribution is -2.56. The van der Waals surface area contributed by atoms with Gasteiger partial charge in [0.2, 0.25) is 0 Å². The molecule has 1 atom stereocenters. The summed E-state index contributed by atoms with van der Waals surface area (Å²) in [7, 11) is 2.69. The van der Waals surface area contributed by atoms with Gasteiger partial charge in [-0.05, 0) is 13.5 Å². The first-order chi connectivity index (χ1) is 9.46. The van der Waals surface area contributed by atoms with Crippen LogP contribution in [0.4, 0.5) is 0 Å². The molecule has 0 saturated heterocycles. The van der Waals surface area contributed by atoms with Crippen LogP contribution in [0.1, 0.15) is 22.4 Å². The largest absolute Gasteiger partial charge is 0.467 e. The number of aromatic nitrogens is 1. The van der Waals surface area contributed by atoms with E-state index < -0.39 is 17.4 Å². The van der Waals surface area contributed by atoms with Crippen molar-refractivity contribution in [1.82, 2.24) is 10.3 Å². The second-order valence-corrected chi connectivity index (χ2v) is 5.32. The monoisotopic (exact) mass is 301 g/mol. The van der Waals surface area contributed by atoms with Gasteiger partial charge in [0.1, 0.15) is 5.69 Å². The highest BCUT2D eigenvalue weighted by molar-refractivity contribution is 7.09. The highest BCUT2D eigenvalue weighted by Crippen LogP contribution is 2.13. The van der Waals surface area contributed by atoms with Gasteiger partial charge in [0.15, 0.2) is 5.54 Å². The highest BCUT2D eigenvalue weighted by atomic mass is 32.1. The number of thiazole rings is 1. The normalized spacial score (nSPS) is 13.6. The van der Waals surface area contributed by atoms with Gasteiger partial charge in [-0.15, -0.1) is 11.3 Å². The quantitative estimate of drug-likeness (QED) is 0.685. The van der Waals surface area contributed by atoms with E-state index in [0.717, 1.165) is 5.01 Å². The van der Waals surface area contributed by atoms with Gasteiger partial charge in [-0.3, -0.25) is 4.79 Å². The smallest absolute Gasteiger partial charge is 0.333 e. The Morgan fingerprint density at radius 3 is 2.75 bits per heavy atom. The van der Waals surface area contributed by atoms with Crippen LogP contribution in [0.15, 0.2) is 5.38 Å². The number of nitrogens with two attached hydrogens (primary N) is 1. The summed E-state index contributed by atoms with van der Waals surface area (Å²) in [6, 6.07) is 0. The van der Waals surface area contributed by atoms with E-state index in [1.165, 1.54) is 32.5 Å². The first-order valence-electron chi connectivity index (χ1n) is 6.01. The van der Waals surface area contributed by atoms with E-state index in [-0.39, 0.29) is 12.3 Å². The summed E-state index contributed by atoms with van der Waals surface area (Å²) >= 11 is 1.36. The van der Waals surface area contributed by atoms with Gasteiger partial charge in [-0.1, -0.05) is 0 Å². The minimum Gasteiger partial charge on any atom is -0.467 e. The molecule has 20 heavy (non-hydrogen) atoms. The zero-order chi connectivity index (χ0) is 15.2. The summed E-state index contributed by atoms with van der Waals surface area (Å²) in [5.41, 5.74) is 4.44. The molecule has 0 aromatic carbocycles. The molecule has 1 unspecified atom stereocenters. The van der Waals surface area contributed by atoms with Crippen LogP contribution in [0, 0.1) is 0 Å². The molecule has 3 N–H and O–H groups in total. The van der Waals surface area contributed by atoms with Crippen LogP contribution in [0.5, 0.6) is 0 Å². The summed E-state index contributed by atoms with van der Waals surface area (Å²) in [6.07, 6.45) is 0.615. The Bertz CT molecular complexity index is 477. The Labute approximate surface area is 121 Å². The number of esters is 1. The van der Waals surface area contributed by atoms with Gasteiger partial charge in [-0.25, -0.2) is 9.78 Å². The first-order valence-corrected chi connectivity index (χ1v) is 6.89. The fourth-order valence-electron chi connectivity index (χ4n) is 1.63. The Hall–Kier alpha value is -1.51. The molecule has 112 valence electrons. The Morgan fingerprint density at radius 2 is 2.20 bits per heavy atom. The minimum atomic E-state index is -1.25. The lowest BCUT2D eigenvalue weighted by molar-refractivity contribution is -0.149. The molecule has 1 amide bonds. The molecule has 1 aromatic rings. The van der Waals surface area contributed by atoms with E-state index in [9.17, 15) is 9.59 Å². The second-order valence-electron chi connectivity index (χ2n) is 4.38. The van der Waals surface area contributed by atoms with Crippen LogP contribution in [0.2, 0.25) is 0 Å². The maximum absolute atomic E-state index is 12.1. The molecule has 0 fully saturated rings. The number of methoxy groups -OCH3 is 2. The number of carbonyl (C=O) groups is 2. The Morgan fingerprint density at radius 1 is 1.50 bits per heavy atom. The number of ether oxygens (including phenoxy) is 2. The number of rotatable bonds is 7. The van der Waals surface area contributed by atoms with Crippen LogP contribution >= 0.6 is 11.3 Å². The van der Waals surface area contributed by atoms with Gasteiger partial charge < -0.3 is 20.5 Å². The van der Waals surface area contributed by atoms with Crippen molar-refractivity contribution in [3.63, 3.8) is 0 Å². The third-order valence-corrected chi connectivity index (χ3v) is 3.51. The van der Waals surface area contributed by atoms with E-state index in [4.69, 9.17) is 10.5 Å². The lowest BCUT2D eigenvalue weighted by Gasteiger charge is -2.26. The van der Waals surface area contributed by atoms with E-state index >= 15 is 0 Å². The van der Waals surface area contributed by atoms with E-state index in [0.29, 0.717) is 13.0 Å². The van der Waals surface area contributed by atoms with Crippen LogP contribution in [-0.2, 0) is 20.7 Å². The number of nitrogens with one attached hydrogen (secondary N) is 1. The molecule has 8 heteroatoms. The first kappa shape index (κ1) is 16.5. The zero-order valence-electron chi connectivity index (χ0n) is 11.8. The average Bonchev–Trinajstić information content (AvgIpc) is 2.87. The molecule has 1 aromatic heterocycles. The molecule has 0 aliphatic heterocycles. The van der Waals surface area contributed by atoms with Crippen LogP contribution in [0.3, 0.4) is 0 Å². The van der Waals surface area contributed by atoms with Crippen LogP contribution in [-0.4, -0.2) is 49.8 Å². The molecule has 7 nitrogen and oxygen atoms in total. The number of amides is 1. The number of hydrogen-bond acceptors (Lipinski definition) is 7. The third-order valence-electron chi connectivity index (χ3n) is 2.60. The molecular weight excluding hydrogens is 282 g/mol. The standard InChI is InChI=1S/C12H19N3O4S/c1-12(7-18-2,11(17)19-3)15-10(16)8-6-20-9(14-8)4-5-13/h6H,4-5,7,13H2,1-3H3,(H,15,16). The predicted molar refractivity (Wildman–Crippen MR) is 74.6 cm³/mol. The van der Waals surface area contributed by atoms with E-state index in [1.807, 2.05) is 0 Å². The van der Waals surface area contributed by atoms with Crippen molar-refractivity contribution < 1.29 is 19.1 Å². The summed E-state index contributed by atoms with van der Waals surface area (Å²) in [4.78, 5) is 28.0. The lowest BCUT2D eigenvalue weighted by atomic mass is 10.0. The Balaban J connectivity index is 2.82. The summed E-state index contributed by atoms with van der Waals surface area (Å²) < 4.78 is 9.64. The molecule has 0 aliphatic carbocycles. The maximum Gasteiger partial charge on any atom is 0.333 e. The molecule has 1 heterocycles. The SMILES string of the molecule is COCC(C)(NC(=O)c1csc(CCN)n1)C(=O)OC. The summed E-state index contributed by atoms with van der Waals surface area (Å²) in [6.45, 7) is 2.01. The molecular formula is C12H19N3O4S. The van der Waals surface area contributed by atoms with Crippen molar-refractivity contribution in [2.24, 2.45) is 5.73 Å². The van der Waals surface area contributed by atoms with Crippen molar-refractivity contribution in [3.8, 4) is 0 Å². The number of nitrogens with zero attached hydrogens (tertiary/aromatic N) is 1. The van der Waals surface area contributed by atoms with Crippen molar-refractivity contribution >= 4 is 23.2 Å². The van der Waals surface area contributed by atoms with Crippen molar-refractivity contribution in [2.75, 3.05) is 27.4 Å². The van der Waals surface area contributed by atoms with Gasteiger partial charge >= 0.3 is 5.97 Å². The number of hydrogen-bond donors (Lipinski definition) is 2. The topological polar surface area (TPSA) is 104 Å². The van der Waals surface area contributed by atoms with Crippen LogP contribution < -0.4 is 11.1 Å². The van der Waals surface area contributed by atoms with E-state index in [1.54, 1.807) is 5.38 Å². The second kappa shape index (κ2) is 7.32. The summed E-state index contributed by atoms with van der Waals surface area (Å²) in [5.74, 6) is -1.03. The van der Waals surface area contributed by atoms with Crippen LogP contribution in [0.25, 0.3) is 0 Å². The maximum atomic E-state index is 12.1. The van der Waals surface area contributed by atoms with Crippen molar-refractivity contribution in [2.45, 2.75) is 18.9 Å². The van der Waals surface area contributed by atoms with Crippen molar-refractivity contribution in [1.29, 1.82) is 0 Å². The molecule has 0 bridgehead atoms. The third kappa shape index (κ3) is 3.99. The number of carbonyl (C=O) groups excluding carboxylic acids is 2. The predicted octanol–water partition coefficient (Wildman–Crippen LogP) is -0.0478. The van der Waals surface area contributed by atoms with E-state index in [2.05, 4.69) is 15.0 Å². The fraction of sp³-hybridized carbons (Fsp3) is 0.583. The van der Waals surface area contributed by atoms with Crippen molar-refractivity contribution in [3.05, 3.63) is 16.1 Å². The van der Waals surface area contributed by atoms with Gasteiger partial charge in [0.25, 0.3) is 5.91 Å². The highest BCUT2D eigenvalue weighted by Gasteiger charge is 2.37. The van der Waals surface area contributed by atoms with Gasteiger partial charge in [0.05, 0.1) is 18.7 Å². The zero-order valence-corrected chi connectivity index (χ0v) is 12.6. The molecule has 0 spiro atoms. The van der Waals surface area contributed by atoms with Gasteiger partial charge in [0, 0.05) is 18.9 Å². The molecule has 1 rings (SSSR count). The summed E-state index contributed by atoms with van der Waals surface area (Å²) in [5, 5.41) is 5.00. The molecule has 0 aliphatic rings. The minimum absolute atomic E-state index is 0.00517. The average molecular weight is 301 g/mol. The fourth-order valence-corrected chi connectivity index (χ4v) is 2.42. The molecule has 0 saturated carbocycles. The van der Waals surface area contributed by atoms with Gasteiger partial charge in [-0.2, -0.15) is 0 Å².